The number of pyridine rings is 2. The number of fused-ring (bicyclic) bond motifs is 1. The quantitative estimate of drug-likeness (QED) is 0.399. The van der Waals surface area contributed by atoms with Crippen LogP contribution in [0.5, 0.6) is 5.88 Å². The number of halogens is 3. The van der Waals surface area contributed by atoms with E-state index in [2.05, 4.69) is 20.0 Å². The van der Waals surface area contributed by atoms with Crippen LogP contribution in [-0.2, 0) is 10.0 Å². The number of hydrogen-bond donors (Lipinski definition) is 2. The predicted molar refractivity (Wildman–Crippen MR) is 125 cm³/mol. The van der Waals surface area contributed by atoms with E-state index in [-0.39, 0.29) is 22.2 Å². The second kappa shape index (κ2) is 9.12. The number of carbonyl (C=O) groups is 1. The van der Waals surface area contributed by atoms with E-state index in [0.717, 1.165) is 18.2 Å². The summed E-state index contributed by atoms with van der Waals surface area (Å²) < 4.78 is 64.9. The Kier molecular flexibility index (Phi) is 6.34. The first-order chi connectivity index (χ1) is 16.6. The Bertz CT molecular complexity index is 1590. The van der Waals surface area contributed by atoms with E-state index in [0.29, 0.717) is 11.2 Å². The second-order valence-electron chi connectivity index (χ2n) is 7.31. The number of nitrogens with zero attached hydrogens (tertiary/aromatic N) is 3. The highest BCUT2D eigenvalue weighted by Crippen LogP contribution is 2.35. The van der Waals surface area contributed by atoms with E-state index < -0.39 is 43.7 Å². The molecule has 35 heavy (non-hydrogen) atoms. The number of ether oxygens (including phenoxy) is 1. The minimum Gasteiger partial charge on any atom is -0.480 e. The van der Waals surface area contributed by atoms with Gasteiger partial charge in [0.25, 0.3) is 15.9 Å². The van der Waals surface area contributed by atoms with Gasteiger partial charge >= 0.3 is 0 Å². The number of aromatic nitrogens is 3. The van der Waals surface area contributed by atoms with E-state index in [1.54, 1.807) is 6.92 Å². The molecule has 0 bridgehead atoms. The van der Waals surface area contributed by atoms with E-state index in [1.165, 1.54) is 43.2 Å². The number of anilines is 1. The van der Waals surface area contributed by atoms with Crippen LogP contribution in [0, 0.1) is 18.6 Å². The van der Waals surface area contributed by atoms with Gasteiger partial charge in [0.2, 0.25) is 5.88 Å². The van der Waals surface area contributed by atoms with Crippen molar-refractivity contribution in [2.75, 3.05) is 18.9 Å². The highest BCUT2D eigenvalue weighted by molar-refractivity contribution is 7.92. The van der Waals surface area contributed by atoms with Gasteiger partial charge in [-0.15, -0.1) is 0 Å². The van der Waals surface area contributed by atoms with Crippen LogP contribution in [0.15, 0.2) is 47.8 Å². The highest BCUT2D eigenvalue weighted by atomic mass is 35.5. The van der Waals surface area contributed by atoms with Crippen LogP contribution in [0.25, 0.3) is 16.6 Å². The third-order valence-corrected chi connectivity index (χ3v) is 6.84. The molecule has 0 radical (unpaired) electrons. The molecule has 0 unspecified atom stereocenters. The minimum absolute atomic E-state index is 0.0202. The first-order valence-corrected chi connectivity index (χ1v) is 11.8. The highest BCUT2D eigenvalue weighted by Gasteiger charge is 2.26. The SMILES string of the molecule is CNC(=O)c1ncn2c(C)c(-c3c(F)ccc(NS(=O)(=O)c4cc(Cl)cnc4OC)c3F)ccc12. The maximum atomic E-state index is 15.6. The molecular weight excluding hydrogens is 504 g/mol. The van der Waals surface area contributed by atoms with Crippen molar-refractivity contribution in [3.63, 3.8) is 0 Å². The summed E-state index contributed by atoms with van der Waals surface area (Å²) in [5, 5.41) is 2.50. The molecule has 0 atom stereocenters. The number of amides is 1. The summed E-state index contributed by atoms with van der Waals surface area (Å²) in [6, 6.07) is 5.93. The summed E-state index contributed by atoms with van der Waals surface area (Å²) in [6.07, 6.45) is 2.56. The molecule has 4 aromatic rings. The summed E-state index contributed by atoms with van der Waals surface area (Å²) in [5.74, 6) is -2.73. The van der Waals surface area contributed by atoms with Crippen molar-refractivity contribution in [2.45, 2.75) is 11.8 Å². The fourth-order valence-corrected chi connectivity index (χ4v) is 5.01. The molecule has 1 aromatic carbocycles. The molecule has 4 rings (SSSR count). The van der Waals surface area contributed by atoms with Crippen molar-refractivity contribution in [1.29, 1.82) is 0 Å². The summed E-state index contributed by atoms with van der Waals surface area (Å²) >= 11 is 5.87. The van der Waals surface area contributed by atoms with Crippen molar-refractivity contribution in [1.82, 2.24) is 19.7 Å². The van der Waals surface area contributed by atoms with Gasteiger partial charge < -0.3 is 14.5 Å². The zero-order valence-electron chi connectivity index (χ0n) is 18.6. The molecule has 0 aliphatic rings. The van der Waals surface area contributed by atoms with Crippen molar-refractivity contribution in [2.24, 2.45) is 0 Å². The van der Waals surface area contributed by atoms with E-state index in [4.69, 9.17) is 16.3 Å². The lowest BCUT2D eigenvalue weighted by Gasteiger charge is -2.15. The standard InChI is InChI=1S/C22H18ClF2N5O4S/c1-11-13(4-7-16-20(21(31)26-2)28-10-30(11)16)18-14(24)5-6-15(19(18)25)29-35(32,33)17-8-12(23)9-27-22(17)34-3/h4-10,29H,1-3H3,(H,26,31). The Morgan fingerprint density at radius 1 is 1.17 bits per heavy atom. The molecule has 0 spiro atoms. The molecular formula is C22H18ClF2N5O4S. The molecule has 0 aliphatic heterocycles. The molecule has 3 aromatic heterocycles. The first-order valence-electron chi connectivity index (χ1n) is 9.98. The smallest absolute Gasteiger partial charge is 0.271 e. The van der Waals surface area contributed by atoms with Gasteiger partial charge in [-0.25, -0.2) is 27.2 Å². The lowest BCUT2D eigenvalue weighted by Crippen LogP contribution is -2.18. The van der Waals surface area contributed by atoms with Crippen LogP contribution >= 0.6 is 11.6 Å². The number of benzene rings is 1. The van der Waals surface area contributed by atoms with Crippen LogP contribution < -0.4 is 14.8 Å². The molecule has 182 valence electrons. The van der Waals surface area contributed by atoms with Crippen molar-refractivity contribution < 1.29 is 26.7 Å². The van der Waals surface area contributed by atoms with Gasteiger partial charge in [0.1, 0.15) is 12.1 Å². The molecule has 0 aliphatic carbocycles. The molecule has 0 saturated heterocycles. The third kappa shape index (κ3) is 4.26. The molecule has 3 heterocycles. The van der Waals surface area contributed by atoms with Gasteiger partial charge in [-0.3, -0.25) is 9.52 Å². The Morgan fingerprint density at radius 3 is 2.60 bits per heavy atom. The van der Waals surface area contributed by atoms with Gasteiger partial charge in [0.15, 0.2) is 16.4 Å². The van der Waals surface area contributed by atoms with Crippen LogP contribution in [0.1, 0.15) is 16.2 Å². The first kappa shape index (κ1) is 24.4. The minimum atomic E-state index is -4.41. The Labute approximate surface area is 203 Å². The average molecular weight is 522 g/mol. The van der Waals surface area contributed by atoms with Crippen molar-refractivity contribution >= 4 is 38.7 Å². The average Bonchev–Trinajstić information content (AvgIpc) is 3.27. The Balaban J connectivity index is 1.82. The Morgan fingerprint density at radius 2 is 1.91 bits per heavy atom. The Hall–Kier alpha value is -3.77. The van der Waals surface area contributed by atoms with Crippen LogP contribution in [0.4, 0.5) is 14.5 Å². The van der Waals surface area contributed by atoms with Crippen molar-refractivity contribution in [3.8, 4) is 17.0 Å². The predicted octanol–water partition coefficient (Wildman–Crippen LogP) is 3.81. The number of sulfonamides is 1. The van der Waals surface area contributed by atoms with E-state index in [9.17, 15) is 17.6 Å². The second-order valence-corrected chi connectivity index (χ2v) is 9.40. The molecule has 13 heteroatoms. The number of methoxy groups -OCH3 is 1. The maximum Gasteiger partial charge on any atom is 0.271 e. The summed E-state index contributed by atoms with van der Waals surface area (Å²) in [7, 11) is -1.73. The van der Waals surface area contributed by atoms with E-state index in [1.807, 2.05) is 0 Å². The number of aryl methyl sites for hydroxylation is 1. The number of imidazole rings is 1. The lowest BCUT2D eigenvalue weighted by molar-refractivity contribution is 0.0960. The zero-order chi connectivity index (χ0) is 25.5. The van der Waals surface area contributed by atoms with Gasteiger partial charge in [0.05, 0.1) is 28.9 Å². The number of nitrogens with one attached hydrogen (secondary N) is 2. The van der Waals surface area contributed by atoms with Gasteiger partial charge in [-0.05, 0) is 31.2 Å². The summed E-state index contributed by atoms with van der Waals surface area (Å²) in [5.41, 5.74) is 0.133. The van der Waals surface area contributed by atoms with Gasteiger partial charge in [0, 0.05) is 24.5 Å². The molecule has 0 saturated carbocycles. The van der Waals surface area contributed by atoms with Crippen molar-refractivity contribution in [3.05, 3.63) is 70.9 Å². The molecule has 9 nitrogen and oxygen atoms in total. The fourth-order valence-electron chi connectivity index (χ4n) is 3.59. The number of hydrogen-bond acceptors (Lipinski definition) is 6. The van der Waals surface area contributed by atoms with Crippen LogP contribution in [0.2, 0.25) is 5.02 Å². The largest absolute Gasteiger partial charge is 0.480 e. The third-order valence-electron chi connectivity index (χ3n) is 5.28. The van der Waals surface area contributed by atoms with Crippen LogP contribution in [-0.4, -0.2) is 42.9 Å². The molecule has 2 N–H and O–H groups in total. The summed E-state index contributed by atoms with van der Waals surface area (Å²) in [6.45, 7) is 1.59. The lowest BCUT2D eigenvalue weighted by atomic mass is 10.0. The molecule has 0 fully saturated rings. The normalized spacial score (nSPS) is 11.5. The maximum absolute atomic E-state index is 15.6. The van der Waals surface area contributed by atoms with Gasteiger partial charge in [-0.1, -0.05) is 17.7 Å². The van der Waals surface area contributed by atoms with E-state index >= 15 is 4.39 Å². The fraction of sp³-hybridized carbons (Fsp3) is 0.136. The molecule has 1 amide bonds. The number of rotatable bonds is 6. The van der Waals surface area contributed by atoms with Crippen LogP contribution in [0.3, 0.4) is 0 Å². The summed E-state index contributed by atoms with van der Waals surface area (Å²) in [4.78, 5) is 19.5. The topological polar surface area (TPSA) is 115 Å². The van der Waals surface area contributed by atoms with Gasteiger partial charge in [-0.2, -0.15) is 0 Å². The number of carbonyl (C=O) groups excluding carboxylic acids is 1. The zero-order valence-corrected chi connectivity index (χ0v) is 20.1. The monoisotopic (exact) mass is 521 g/mol.